The van der Waals surface area contributed by atoms with Crippen LogP contribution in [0, 0.1) is 0 Å². The first kappa shape index (κ1) is 13.8. The van der Waals surface area contributed by atoms with E-state index in [-0.39, 0.29) is 6.04 Å². The Morgan fingerprint density at radius 3 is 2.63 bits per heavy atom. The fourth-order valence-corrected chi connectivity index (χ4v) is 2.70. The minimum absolute atomic E-state index is 0.0878. The molecule has 1 heterocycles. The van der Waals surface area contributed by atoms with Crippen molar-refractivity contribution < 1.29 is 9.47 Å². The van der Waals surface area contributed by atoms with E-state index in [2.05, 4.69) is 17.2 Å². The summed E-state index contributed by atoms with van der Waals surface area (Å²) in [7, 11) is 3.29. The number of ether oxygens (including phenoxy) is 2. The van der Waals surface area contributed by atoms with Crippen molar-refractivity contribution in [2.45, 2.75) is 13.0 Å². The van der Waals surface area contributed by atoms with Gasteiger partial charge >= 0.3 is 0 Å². The summed E-state index contributed by atoms with van der Waals surface area (Å²) in [4.78, 5) is 4.39. The molecule has 0 fully saturated rings. The molecule has 1 unspecified atom stereocenters. The molecule has 0 aliphatic rings. The van der Waals surface area contributed by atoms with Gasteiger partial charge in [-0.3, -0.25) is 0 Å². The van der Waals surface area contributed by atoms with Crippen molar-refractivity contribution in [3.8, 4) is 11.5 Å². The summed E-state index contributed by atoms with van der Waals surface area (Å²) in [5.74, 6) is 1.47. The van der Waals surface area contributed by atoms with Gasteiger partial charge in [0.05, 0.1) is 20.3 Å². The molecular formula is C14H18N2O2S. The van der Waals surface area contributed by atoms with Gasteiger partial charge in [-0.1, -0.05) is 13.0 Å². The highest BCUT2D eigenvalue weighted by Crippen LogP contribution is 2.32. The zero-order chi connectivity index (χ0) is 13.7. The largest absolute Gasteiger partial charge is 0.493 e. The van der Waals surface area contributed by atoms with Crippen molar-refractivity contribution in [2.75, 3.05) is 20.8 Å². The predicted molar refractivity (Wildman–Crippen MR) is 77.2 cm³/mol. The maximum atomic E-state index is 5.35. The number of hydrogen-bond acceptors (Lipinski definition) is 5. The second-order valence-electron chi connectivity index (χ2n) is 3.98. The number of hydrogen-bond donors (Lipinski definition) is 1. The molecule has 1 aromatic heterocycles. The van der Waals surface area contributed by atoms with Crippen LogP contribution in [0.4, 0.5) is 0 Å². The number of thiazole rings is 1. The van der Waals surface area contributed by atoms with Crippen LogP contribution in [0.25, 0.3) is 0 Å². The zero-order valence-electron chi connectivity index (χ0n) is 11.3. The molecule has 19 heavy (non-hydrogen) atoms. The number of rotatable bonds is 6. The monoisotopic (exact) mass is 278 g/mol. The van der Waals surface area contributed by atoms with Gasteiger partial charge in [0.15, 0.2) is 11.5 Å². The van der Waals surface area contributed by atoms with E-state index in [4.69, 9.17) is 9.47 Å². The Balaban J connectivity index is 2.37. The smallest absolute Gasteiger partial charge is 0.161 e. The van der Waals surface area contributed by atoms with Gasteiger partial charge in [0, 0.05) is 11.6 Å². The average molecular weight is 278 g/mol. The maximum absolute atomic E-state index is 5.35. The molecule has 1 N–H and O–H groups in total. The zero-order valence-corrected chi connectivity index (χ0v) is 12.2. The summed E-state index contributed by atoms with van der Waals surface area (Å²) in [5, 5.41) is 6.48. The highest BCUT2D eigenvalue weighted by molar-refractivity contribution is 7.09. The normalized spacial score (nSPS) is 12.2. The molecule has 0 aliphatic carbocycles. The van der Waals surface area contributed by atoms with Crippen LogP contribution in [0.15, 0.2) is 29.8 Å². The number of nitrogens with one attached hydrogen (secondary N) is 1. The number of nitrogens with zero attached hydrogens (tertiary/aromatic N) is 1. The van der Waals surface area contributed by atoms with Crippen molar-refractivity contribution in [1.29, 1.82) is 0 Å². The van der Waals surface area contributed by atoms with E-state index in [0.717, 1.165) is 28.6 Å². The molecule has 1 aromatic carbocycles. The summed E-state index contributed by atoms with van der Waals surface area (Å²) in [5.41, 5.74) is 1.12. The Morgan fingerprint density at radius 1 is 1.26 bits per heavy atom. The van der Waals surface area contributed by atoms with E-state index in [1.807, 2.05) is 29.8 Å². The Kier molecular flexibility index (Phi) is 4.76. The van der Waals surface area contributed by atoms with Crippen LogP contribution in [-0.2, 0) is 0 Å². The lowest BCUT2D eigenvalue weighted by molar-refractivity contribution is 0.354. The highest BCUT2D eigenvalue weighted by Gasteiger charge is 2.17. The van der Waals surface area contributed by atoms with Crippen molar-refractivity contribution in [1.82, 2.24) is 10.3 Å². The van der Waals surface area contributed by atoms with E-state index in [9.17, 15) is 0 Å². The van der Waals surface area contributed by atoms with E-state index in [0.29, 0.717) is 0 Å². The SMILES string of the molecule is CCNC(c1ccc(OC)c(OC)c1)c1nccs1. The molecule has 2 aromatic rings. The molecule has 5 heteroatoms. The Labute approximate surface area is 117 Å². The molecule has 0 saturated carbocycles. The molecule has 0 amide bonds. The Hall–Kier alpha value is -1.59. The van der Waals surface area contributed by atoms with Gasteiger partial charge in [-0.05, 0) is 24.2 Å². The first-order valence-electron chi connectivity index (χ1n) is 6.14. The average Bonchev–Trinajstić information content (AvgIpc) is 2.98. The van der Waals surface area contributed by atoms with Crippen LogP contribution in [0.1, 0.15) is 23.5 Å². The lowest BCUT2D eigenvalue weighted by Gasteiger charge is -2.17. The second kappa shape index (κ2) is 6.54. The van der Waals surface area contributed by atoms with Crippen LogP contribution in [0.5, 0.6) is 11.5 Å². The first-order valence-corrected chi connectivity index (χ1v) is 7.02. The quantitative estimate of drug-likeness (QED) is 0.882. The third-order valence-corrected chi connectivity index (χ3v) is 3.69. The lowest BCUT2D eigenvalue weighted by atomic mass is 10.1. The van der Waals surface area contributed by atoms with Gasteiger partial charge in [0.1, 0.15) is 5.01 Å². The van der Waals surface area contributed by atoms with E-state index in [1.165, 1.54) is 0 Å². The topological polar surface area (TPSA) is 43.4 Å². The molecular weight excluding hydrogens is 260 g/mol. The molecule has 0 spiro atoms. The molecule has 0 saturated heterocycles. The summed E-state index contributed by atoms with van der Waals surface area (Å²) < 4.78 is 10.6. The van der Waals surface area contributed by atoms with Gasteiger partial charge in [-0.25, -0.2) is 4.98 Å². The first-order chi connectivity index (χ1) is 9.30. The van der Waals surface area contributed by atoms with Crippen LogP contribution < -0.4 is 14.8 Å². The Bertz CT molecular complexity index is 514. The third-order valence-electron chi connectivity index (χ3n) is 2.85. The molecule has 0 radical (unpaired) electrons. The van der Waals surface area contributed by atoms with E-state index in [1.54, 1.807) is 25.6 Å². The summed E-state index contributed by atoms with van der Waals surface area (Å²) in [6, 6.07) is 6.04. The van der Waals surface area contributed by atoms with Crippen molar-refractivity contribution in [3.63, 3.8) is 0 Å². The highest BCUT2D eigenvalue weighted by atomic mass is 32.1. The lowest BCUT2D eigenvalue weighted by Crippen LogP contribution is -2.21. The molecule has 2 rings (SSSR count). The second-order valence-corrected chi connectivity index (χ2v) is 4.90. The van der Waals surface area contributed by atoms with Crippen LogP contribution in [0.3, 0.4) is 0 Å². The Morgan fingerprint density at radius 2 is 2.05 bits per heavy atom. The van der Waals surface area contributed by atoms with Gasteiger partial charge in [0.2, 0.25) is 0 Å². The number of methoxy groups -OCH3 is 2. The predicted octanol–water partition coefficient (Wildman–Crippen LogP) is 2.86. The molecule has 4 nitrogen and oxygen atoms in total. The van der Waals surface area contributed by atoms with Gasteiger partial charge in [-0.15, -0.1) is 11.3 Å². The van der Waals surface area contributed by atoms with Crippen LogP contribution in [0.2, 0.25) is 0 Å². The fourth-order valence-electron chi connectivity index (χ4n) is 1.96. The van der Waals surface area contributed by atoms with Crippen molar-refractivity contribution in [3.05, 3.63) is 40.3 Å². The minimum atomic E-state index is 0.0878. The van der Waals surface area contributed by atoms with Gasteiger partial charge in [0.25, 0.3) is 0 Å². The standard InChI is InChI=1S/C14H18N2O2S/c1-4-15-13(14-16-7-8-19-14)10-5-6-11(17-2)12(9-10)18-3/h5-9,13,15H,4H2,1-3H3. The van der Waals surface area contributed by atoms with Crippen LogP contribution >= 0.6 is 11.3 Å². The molecule has 102 valence electrons. The summed E-state index contributed by atoms with van der Waals surface area (Å²) >= 11 is 1.64. The summed E-state index contributed by atoms with van der Waals surface area (Å²) in [6.45, 7) is 2.96. The molecule has 0 bridgehead atoms. The summed E-state index contributed by atoms with van der Waals surface area (Å²) in [6.07, 6.45) is 1.82. The fraction of sp³-hybridized carbons (Fsp3) is 0.357. The number of aromatic nitrogens is 1. The van der Waals surface area contributed by atoms with Crippen molar-refractivity contribution in [2.24, 2.45) is 0 Å². The maximum Gasteiger partial charge on any atom is 0.161 e. The third kappa shape index (κ3) is 3.05. The number of benzene rings is 1. The van der Waals surface area contributed by atoms with Crippen LogP contribution in [-0.4, -0.2) is 25.7 Å². The van der Waals surface area contributed by atoms with Gasteiger partial charge < -0.3 is 14.8 Å². The van der Waals surface area contributed by atoms with E-state index < -0.39 is 0 Å². The molecule has 1 atom stereocenters. The molecule has 0 aliphatic heterocycles. The van der Waals surface area contributed by atoms with Crippen molar-refractivity contribution >= 4 is 11.3 Å². The van der Waals surface area contributed by atoms with E-state index >= 15 is 0 Å². The van der Waals surface area contributed by atoms with Gasteiger partial charge in [-0.2, -0.15) is 0 Å². The minimum Gasteiger partial charge on any atom is -0.493 e.